The van der Waals surface area contributed by atoms with Crippen LogP contribution in [0.3, 0.4) is 0 Å². The van der Waals surface area contributed by atoms with Crippen molar-refractivity contribution in [3.8, 4) is 0 Å². The Bertz CT molecular complexity index is 178. The number of nitrogens with two attached hydrogens (primary N) is 1. The predicted molar refractivity (Wildman–Crippen MR) is 51.8 cm³/mol. The number of hydrogen-bond donors (Lipinski definition) is 1. The first-order valence-electron chi connectivity index (χ1n) is 5.43. The second kappa shape index (κ2) is 2.73. The molecule has 0 bridgehead atoms. The lowest BCUT2D eigenvalue weighted by Gasteiger charge is -2.34. The normalized spacial score (nSPS) is 53.8. The van der Waals surface area contributed by atoms with Crippen LogP contribution in [0.1, 0.15) is 46.0 Å². The van der Waals surface area contributed by atoms with Gasteiger partial charge in [-0.2, -0.15) is 0 Å². The summed E-state index contributed by atoms with van der Waals surface area (Å²) < 4.78 is 0. The summed E-state index contributed by atoms with van der Waals surface area (Å²) in [6, 6.07) is 0. The summed E-state index contributed by atoms with van der Waals surface area (Å²) in [5, 5.41) is 0. The van der Waals surface area contributed by atoms with Gasteiger partial charge in [-0.05, 0) is 30.6 Å². The van der Waals surface area contributed by atoms with E-state index in [0.29, 0.717) is 0 Å². The molecule has 12 heavy (non-hydrogen) atoms. The molecule has 0 aromatic heterocycles. The second-order valence-electron chi connectivity index (χ2n) is 5.09. The fourth-order valence-electron chi connectivity index (χ4n) is 3.10. The largest absolute Gasteiger partial charge is 0.325 e. The molecule has 0 radical (unpaired) electrons. The van der Waals surface area contributed by atoms with E-state index in [1.165, 1.54) is 32.1 Å². The van der Waals surface area contributed by atoms with E-state index in [2.05, 4.69) is 13.8 Å². The molecule has 2 fully saturated rings. The highest BCUT2D eigenvalue weighted by atomic mass is 14.9. The van der Waals surface area contributed by atoms with Gasteiger partial charge in [0.15, 0.2) is 0 Å². The molecule has 0 aliphatic heterocycles. The first-order valence-corrected chi connectivity index (χ1v) is 5.43. The van der Waals surface area contributed by atoms with Gasteiger partial charge in [0.1, 0.15) is 0 Å². The van der Waals surface area contributed by atoms with Gasteiger partial charge in [0.05, 0.1) is 0 Å². The lowest BCUT2D eigenvalue weighted by atomic mass is 9.74. The highest BCUT2D eigenvalue weighted by molar-refractivity contribution is 5.11. The molecule has 4 unspecified atom stereocenters. The third-order valence-corrected chi connectivity index (χ3v) is 4.22. The van der Waals surface area contributed by atoms with Crippen LogP contribution in [0.15, 0.2) is 0 Å². The van der Waals surface area contributed by atoms with Crippen LogP contribution in [-0.4, -0.2) is 5.54 Å². The number of rotatable bonds is 1. The van der Waals surface area contributed by atoms with E-state index in [0.717, 1.165) is 17.8 Å². The van der Waals surface area contributed by atoms with Crippen molar-refractivity contribution in [3.63, 3.8) is 0 Å². The Balaban J connectivity index is 2.02. The molecule has 2 rings (SSSR count). The van der Waals surface area contributed by atoms with Crippen LogP contribution in [0, 0.1) is 17.8 Å². The van der Waals surface area contributed by atoms with Gasteiger partial charge in [0.25, 0.3) is 0 Å². The average Bonchev–Trinajstić information content (AvgIpc) is 2.61. The molecule has 2 saturated carbocycles. The summed E-state index contributed by atoms with van der Waals surface area (Å²) in [7, 11) is 0. The van der Waals surface area contributed by atoms with Crippen molar-refractivity contribution in [1.82, 2.24) is 0 Å². The molecular formula is C11H21N. The Morgan fingerprint density at radius 1 is 1.17 bits per heavy atom. The van der Waals surface area contributed by atoms with E-state index in [9.17, 15) is 0 Å². The predicted octanol–water partition coefficient (Wildman–Crippen LogP) is 2.55. The van der Waals surface area contributed by atoms with Gasteiger partial charge in [-0.1, -0.05) is 33.1 Å². The molecule has 0 aromatic rings. The van der Waals surface area contributed by atoms with Crippen LogP contribution < -0.4 is 5.73 Å². The standard InChI is InChI=1S/C11H21N/c1-8-5-3-4-6-10(8)11(12)7-9(11)2/h8-10H,3-7,12H2,1-2H3. The maximum absolute atomic E-state index is 6.36. The van der Waals surface area contributed by atoms with Crippen LogP contribution in [0.4, 0.5) is 0 Å². The zero-order valence-corrected chi connectivity index (χ0v) is 8.34. The third kappa shape index (κ3) is 1.19. The van der Waals surface area contributed by atoms with Crippen molar-refractivity contribution in [3.05, 3.63) is 0 Å². The minimum Gasteiger partial charge on any atom is -0.325 e. The molecule has 1 heteroatoms. The van der Waals surface area contributed by atoms with E-state index >= 15 is 0 Å². The van der Waals surface area contributed by atoms with Gasteiger partial charge in [-0.15, -0.1) is 0 Å². The zero-order valence-electron chi connectivity index (χ0n) is 8.34. The maximum Gasteiger partial charge on any atom is 0.0215 e. The zero-order chi connectivity index (χ0) is 8.77. The molecule has 4 atom stereocenters. The van der Waals surface area contributed by atoms with Crippen molar-refractivity contribution >= 4 is 0 Å². The first-order chi connectivity index (χ1) is 5.64. The Hall–Kier alpha value is -0.0400. The van der Waals surface area contributed by atoms with E-state index in [4.69, 9.17) is 5.73 Å². The molecule has 2 aliphatic rings. The molecule has 0 heterocycles. The highest BCUT2D eigenvalue weighted by Crippen LogP contribution is 2.52. The van der Waals surface area contributed by atoms with E-state index < -0.39 is 0 Å². The van der Waals surface area contributed by atoms with Crippen LogP contribution in [0.2, 0.25) is 0 Å². The summed E-state index contributed by atoms with van der Waals surface area (Å²) in [6.45, 7) is 4.70. The van der Waals surface area contributed by atoms with E-state index in [1.54, 1.807) is 0 Å². The third-order valence-electron chi connectivity index (χ3n) is 4.22. The first kappa shape index (κ1) is 8.55. The molecule has 2 aliphatic carbocycles. The van der Waals surface area contributed by atoms with Gasteiger partial charge < -0.3 is 5.73 Å². The Morgan fingerprint density at radius 2 is 1.75 bits per heavy atom. The SMILES string of the molecule is CC1CCCCC1C1(N)CC1C. The molecule has 0 amide bonds. The molecule has 2 N–H and O–H groups in total. The van der Waals surface area contributed by atoms with Crippen LogP contribution >= 0.6 is 0 Å². The number of hydrogen-bond acceptors (Lipinski definition) is 1. The Kier molecular flexibility index (Phi) is 1.95. The van der Waals surface area contributed by atoms with Crippen LogP contribution in [0.25, 0.3) is 0 Å². The van der Waals surface area contributed by atoms with Gasteiger partial charge in [0.2, 0.25) is 0 Å². The summed E-state index contributed by atoms with van der Waals surface area (Å²) in [4.78, 5) is 0. The van der Waals surface area contributed by atoms with Gasteiger partial charge >= 0.3 is 0 Å². The monoisotopic (exact) mass is 167 g/mol. The fraction of sp³-hybridized carbons (Fsp3) is 1.00. The van der Waals surface area contributed by atoms with Crippen molar-refractivity contribution < 1.29 is 0 Å². The molecule has 0 spiro atoms. The highest BCUT2D eigenvalue weighted by Gasteiger charge is 2.54. The van der Waals surface area contributed by atoms with Crippen LogP contribution in [0.5, 0.6) is 0 Å². The smallest absolute Gasteiger partial charge is 0.0215 e. The summed E-state index contributed by atoms with van der Waals surface area (Å²) in [5.41, 5.74) is 6.61. The lowest BCUT2D eigenvalue weighted by Crippen LogP contribution is -2.39. The molecule has 0 saturated heterocycles. The topological polar surface area (TPSA) is 26.0 Å². The summed E-state index contributed by atoms with van der Waals surface area (Å²) in [5.74, 6) is 2.51. The fourth-order valence-corrected chi connectivity index (χ4v) is 3.10. The summed E-state index contributed by atoms with van der Waals surface area (Å²) in [6.07, 6.45) is 6.93. The lowest BCUT2D eigenvalue weighted by molar-refractivity contribution is 0.198. The second-order valence-corrected chi connectivity index (χ2v) is 5.09. The van der Waals surface area contributed by atoms with Crippen molar-refractivity contribution in [2.75, 3.05) is 0 Å². The minimum absolute atomic E-state index is 0.250. The maximum atomic E-state index is 6.36. The molecule has 1 nitrogen and oxygen atoms in total. The average molecular weight is 167 g/mol. The molecular weight excluding hydrogens is 146 g/mol. The quantitative estimate of drug-likeness (QED) is 0.638. The molecule has 70 valence electrons. The van der Waals surface area contributed by atoms with Crippen molar-refractivity contribution in [1.29, 1.82) is 0 Å². The van der Waals surface area contributed by atoms with Crippen LogP contribution in [-0.2, 0) is 0 Å². The minimum atomic E-state index is 0.250. The van der Waals surface area contributed by atoms with E-state index in [-0.39, 0.29) is 5.54 Å². The van der Waals surface area contributed by atoms with Crippen molar-refractivity contribution in [2.24, 2.45) is 23.5 Å². The van der Waals surface area contributed by atoms with Gasteiger partial charge in [-0.25, -0.2) is 0 Å². The molecule has 0 aromatic carbocycles. The summed E-state index contributed by atoms with van der Waals surface area (Å²) >= 11 is 0. The Labute approximate surface area is 75.7 Å². The Morgan fingerprint density at radius 3 is 2.25 bits per heavy atom. The van der Waals surface area contributed by atoms with E-state index in [1.807, 2.05) is 0 Å². The van der Waals surface area contributed by atoms with Gasteiger partial charge in [-0.3, -0.25) is 0 Å². The van der Waals surface area contributed by atoms with Crippen molar-refractivity contribution in [2.45, 2.75) is 51.5 Å². The van der Waals surface area contributed by atoms with Gasteiger partial charge in [0, 0.05) is 5.54 Å².